The van der Waals surface area contributed by atoms with E-state index in [0.29, 0.717) is 6.54 Å². The topological polar surface area (TPSA) is 62.6 Å². The van der Waals surface area contributed by atoms with Gasteiger partial charge >= 0.3 is 6.18 Å². The van der Waals surface area contributed by atoms with E-state index in [1.165, 1.54) is 19.1 Å². The Morgan fingerprint density at radius 1 is 0.974 bits per heavy atom. The zero-order valence-electron chi connectivity index (χ0n) is 20.3. The van der Waals surface area contributed by atoms with Crippen molar-refractivity contribution in [3.8, 4) is 11.1 Å². The lowest BCUT2D eigenvalue weighted by Crippen LogP contribution is -2.48. The van der Waals surface area contributed by atoms with E-state index in [2.05, 4.69) is 4.72 Å². The highest BCUT2D eigenvalue weighted by atomic mass is 32.2. The fraction of sp³-hybridized carbons (Fsp3) is 0.214. The predicted octanol–water partition coefficient (Wildman–Crippen LogP) is 6.32. The first-order valence-corrected chi connectivity index (χ1v) is 13.4. The Hall–Kier alpha value is -3.63. The summed E-state index contributed by atoms with van der Waals surface area (Å²) in [4.78, 5) is 1.07. The molecule has 1 atom stereocenters. The van der Waals surface area contributed by atoms with Gasteiger partial charge in [-0.25, -0.2) is 17.5 Å². The van der Waals surface area contributed by atoms with Crippen LogP contribution in [0.4, 0.5) is 23.2 Å². The van der Waals surface area contributed by atoms with E-state index in [0.717, 1.165) is 34.0 Å². The van der Waals surface area contributed by atoms with Crippen LogP contribution in [0.5, 0.6) is 0 Å². The van der Waals surface area contributed by atoms with Crippen molar-refractivity contribution in [3.05, 3.63) is 107 Å². The molecule has 10 heteroatoms. The maximum absolute atomic E-state index is 13.5. The smallest absolute Gasteiger partial charge is 0.450 e. The predicted molar refractivity (Wildman–Crippen MR) is 136 cm³/mol. The summed E-state index contributed by atoms with van der Waals surface area (Å²) in [5, 5.41) is 0. The number of nitrogens with one attached hydrogen (secondary N) is 1. The molecule has 1 N–H and O–H groups in total. The number of sulfonamides is 1. The zero-order valence-corrected chi connectivity index (χ0v) is 21.1. The summed E-state index contributed by atoms with van der Waals surface area (Å²) in [6.45, 7) is 1.99. The highest BCUT2D eigenvalue weighted by Gasteiger charge is 2.42. The Bertz CT molecular complexity index is 1550. The average molecular weight is 545 g/mol. The summed E-state index contributed by atoms with van der Waals surface area (Å²) in [6, 6.07) is 21.5. The van der Waals surface area contributed by atoms with Crippen molar-refractivity contribution in [2.75, 3.05) is 11.4 Å². The van der Waals surface area contributed by atoms with Crippen molar-refractivity contribution < 1.29 is 30.4 Å². The maximum atomic E-state index is 13.5. The molecule has 2 heterocycles. The lowest BCUT2D eigenvalue weighted by Gasteiger charge is -2.36. The highest BCUT2D eigenvalue weighted by molar-refractivity contribution is 7.89. The summed E-state index contributed by atoms with van der Waals surface area (Å²) in [6.07, 6.45) is -4.70. The van der Waals surface area contributed by atoms with Crippen LogP contribution in [0.3, 0.4) is 0 Å². The standard InChI is InChI=1S/C28H24F4N2O3S/c1-18-13-26(27(37-18)28(30,31)32)38(35,36)33-24-15-22-14-21(20-7-10-23(29)11-8-20)9-12-25(22)34(17-24)16-19-5-3-2-4-6-19/h2-14,24,33H,15-17H2,1H3. The molecular formula is C28H24F4N2O3S. The third-order valence-electron chi connectivity index (χ3n) is 6.41. The van der Waals surface area contributed by atoms with Crippen LogP contribution in [0.2, 0.25) is 0 Å². The largest absolute Gasteiger partial charge is 0.455 e. The van der Waals surface area contributed by atoms with E-state index in [1.807, 2.05) is 53.4 Å². The summed E-state index contributed by atoms with van der Waals surface area (Å²) in [7, 11) is -4.55. The number of nitrogens with zero attached hydrogens (tertiary/aromatic N) is 1. The minimum Gasteiger partial charge on any atom is -0.455 e. The number of hydrogen-bond donors (Lipinski definition) is 1. The highest BCUT2D eigenvalue weighted by Crippen LogP contribution is 2.37. The zero-order chi connectivity index (χ0) is 27.1. The van der Waals surface area contributed by atoms with Gasteiger partial charge in [-0.15, -0.1) is 0 Å². The molecule has 0 bridgehead atoms. The number of rotatable bonds is 6. The van der Waals surface area contributed by atoms with Crippen LogP contribution < -0.4 is 9.62 Å². The molecule has 1 aliphatic rings. The van der Waals surface area contributed by atoms with Crippen LogP contribution >= 0.6 is 0 Å². The van der Waals surface area contributed by atoms with Crippen molar-refractivity contribution >= 4 is 15.7 Å². The number of benzene rings is 3. The van der Waals surface area contributed by atoms with Gasteiger partial charge in [0.25, 0.3) is 0 Å². The number of aryl methyl sites for hydroxylation is 1. The van der Waals surface area contributed by atoms with Gasteiger partial charge in [-0.1, -0.05) is 48.5 Å². The van der Waals surface area contributed by atoms with Gasteiger partial charge in [-0.2, -0.15) is 13.2 Å². The molecule has 0 aliphatic carbocycles. The maximum Gasteiger partial charge on any atom is 0.450 e. The molecule has 1 unspecified atom stereocenters. The van der Waals surface area contributed by atoms with Gasteiger partial charge < -0.3 is 9.32 Å². The molecule has 0 amide bonds. The quantitative estimate of drug-likeness (QED) is 0.289. The van der Waals surface area contributed by atoms with E-state index in [1.54, 1.807) is 12.1 Å². The number of anilines is 1. The third-order valence-corrected chi connectivity index (χ3v) is 7.94. The molecule has 0 spiro atoms. The molecule has 0 saturated carbocycles. The molecule has 38 heavy (non-hydrogen) atoms. The number of halogens is 4. The van der Waals surface area contributed by atoms with Gasteiger partial charge in [0.1, 0.15) is 16.5 Å². The first kappa shape index (κ1) is 26.0. The number of alkyl halides is 3. The second kappa shape index (κ2) is 9.92. The molecule has 4 aromatic rings. The number of hydrogen-bond acceptors (Lipinski definition) is 4. The van der Waals surface area contributed by atoms with E-state index in [9.17, 15) is 26.0 Å². The fourth-order valence-corrected chi connectivity index (χ4v) is 6.22. The van der Waals surface area contributed by atoms with Crippen molar-refractivity contribution in [1.29, 1.82) is 0 Å². The van der Waals surface area contributed by atoms with Crippen LogP contribution in [-0.4, -0.2) is 21.0 Å². The Kier molecular flexibility index (Phi) is 6.79. The minimum absolute atomic E-state index is 0.152. The van der Waals surface area contributed by atoms with Crippen LogP contribution in [0.1, 0.15) is 22.6 Å². The first-order valence-electron chi connectivity index (χ1n) is 11.9. The van der Waals surface area contributed by atoms with Crippen molar-refractivity contribution in [1.82, 2.24) is 4.72 Å². The second-order valence-electron chi connectivity index (χ2n) is 9.29. The normalized spacial score (nSPS) is 15.9. The van der Waals surface area contributed by atoms with Gasteiger partial charge in [0.15, 0.2) is 0 Å². The molecule has 1 aromatic heterocycles. The Morgan fingerprint density at radius 2 is 1.66 bits per heavy atom. The fourth-order valence-electron chi connectivity index (χ4n) is 4.78. The average Bonchev–Trinajstić information content (AvgIpc) is 3.28. The molecule has 5 rings (SSSR count). The SMILES string of the molecule is Cc1cc(S(=O)(=O)NC2Cc3cc(-c4ccc(F)cc4)ccc3N(Cc3ccccc3)C2)c(C(F)(F)F)o1. The van der Waals surface area contributed by atoms with E-state index in [-0.39, 0.29) is 24.5 Å². The number of fused-ring (bicyclic) bond motifs is 1. The molecule has 3 aromatic carbocycles. The third kappa shape index (κ3) is 5.46. The first-order chi connectivity index (χ1) is 18.0. The van der Waals surface area contributed by atoms with Crippen LogP contribution in [-0.2, 0) is 29.2 Å². The van der Waals surface area contributed by atoms with Crippen LogP contribution in [0.15, 0.2) is 88.2 Å². The van der Waals surface area contributed by atoms with Gasteiger partial charge in [0, 0.05) is 30.9 Å². The van der Waals surface area contributed by atoms with E-state index in [4.69, 9.17) is 4.42 Å². The van der Waals surface area contributed by atoms with Gasteiger partial charge in [-0.3, -0.25) is 0 Å². The number of furan rings is 1. The summed E-state index contributed by atoms with van der Waals surface area (Å²) >= 11 is 0. The Balaban J connectivity index is 1.50. The van der Waals surface area contributed by atoms with Crippen molar-refractivity contribution in [2.45, 2.75) is 37.0 Å². The summed E-state index contributed by atoms with van der Waals surface area (Å²) in [5.41, 5.74) is 4.31. The van der Waals surface area contributed by atoms with E-state index < -0.39 is 32.9 Å². The van der Waals surface area contributed by atoms with Crippen LogP contribution in [0, 0.1) is 12.7 Å². The molecular weight excluding hydrogens is 520 g/mol. The van der Waals surface area contributed by atoms with Gasteiger partial charge in [0.2, 0.25) is 15.8 Å². The molecule has 0 radical (unpaired) electrons. The Labute approximate surface area is 217 Å². The second-order valence-corrected chi connectivity index (χ2v) is 11.0. The summed E-state index contributed by atoms with van der Waals surface area (Å²) in [5.74, 6) is -2.05. The Morgan fingerprint density at radius 3 is 2.34 bits per heavy atom. The molecule has 0 saturated heterocycles. The van der Waals surface area contributed by atoms with Crippen molar-refractivity contribution in [2.24, 2.45) is 0 Å². The van der Waals surface area contributed by atoms with Gasteiger partial charge in [-0.05, 0) is 59.9 Å². The minimum atomic E-state index is -4.96. The summed E-state index contributed by atoms with van der Waals surface area (Å²) < 4.78 is 87.4. The van der Waals surface area contributed by atoms with E-state index >= 15 is 0 Å². The molecule has 1 aliphatic heterocycles. The molecule has 198 valence electrons. The lowest BCUT2D eigenvalue weighted by atomic mass is 9.94. The van der Waals surface area contributed by atoms with Gasteiger partial charge in [0.05, 0.1) is 0 Å². The van der Waals surface area contributed by atoms with Crippen LogP contribution in [0.25, 0.3) is 11.1 Å². The van der Waals surface area contributed by atoms with Crippen molar-refractivity contribution in [3.63, 3.8) is 0 Å². The monoisotopic (exact) mass is 544 g/mol. The molecule has 5 nitrogen and oxygen atoms in total. The molecule has 0 fully saturated rings. The lowest BCUT2D eigenvalue weighted by molar-refractivity contribution is -0.155.